The van der Waals surface area contributed by atoms with Gasteiger partial charge >= 0.3 is 0 Å². The molecular weight excluding hydrogens is 346 g/mol. The highest BCUT2D eigenvalue weighted by Crippen LogP contribution is 2.31. The lowest BCUT2D eigenvalue weighted by atomic mass is 10.3. The Morgan fingerprint density at radius 3 is 2.67 bits per heavy atom. The average Bonchev–Trinajstić information content (AvgIpc) is 2.89. The molecule has 1 atom stereocenters. The number of nitrogens with zero attached hydrogens (tertiary/aromatic N) is 2. The van der Waals surface area contributed by atoms with Crippen molar-refractivity contribution in [2.75, 3.05) is 11.1 Å². The number of rotatable bonds is 6. The first kappa shape index (κ1) is 16.6. The van der Waals surface area contributed by atoms with Crippen LogP contribution in [-0.4, -0.2) is 27.1 Å². The van der Waals surface area contributed by atoms with Gasteiger partial charge in [-0.05, 0) is 36.9 Å². The fourth-order valence-electron chi connectivity index (χ4n) is 1.41. The van der Waals surface area contributed by atoms with E-state index in [9.17, 15) is 4.79 Å². The summed E-state index contributed by atoms with van der Waals surface area (Å²) >= 11 is 10.4. The Kier molecular flexibility index (Phi) is 6.35. The minimum absolute atomic E-state index is 0.0674. The SMILES string of the molecule is CCSc1nnc(S[C@H](C)C(=O)Nc2ccc(Cl)cc2)s1. The average molecular weight is 360 g/mol. The van der Waals surface area contributed by atoms with Crippen LogP contribution in [0.25, 0.3) is 0 Å². The van der Waals surface area contributed by atoms with E-state index in [1.165, 1.54) is 23.1 Å². The Labute approximate surface area is 141 Å². The number of aromatic nitrogens is 2. The molecule has 0 spiro atoms. The van der Waals surface area contributed by atoms with Crippen LogP contribution in [0, 0.1) is 0 Å². The number of carbonyl (C=O) groups excluding carboxylic acids is 1. The summed E-state index contributed by atoms with van der Waals surface area (Å²) in [4.78, 5) is 12.1. The fraction of sp³-hybridized carbons (Fsp3) is 0.308. The molecule has 2 rings (SSSR count). The van der Waals surface area contributed by atoms with E-state index < -0.39 is 0 Å². The lowest BCUT2D eigenvalue weighted by Gasteiger charge is -2.10. The molecule has 0 bridgehead atoms. The monoisotopic (exact) mass is 359 g/mol. The predicted molar refractivity (Wildman–Crippen MR) is 91.7 cm³/mol. The molecule has 2 aromatic rings. The molecule has 0 fully saturated rings. The molecule has 0 aliphatic carbocycles. The summed E-state index contributed by atoms with van der Waals surface area (Å²) in [7, 11) is 0. The molecule has 0 aliphatic rings. The summed E-state index contributed by atoms with van der Waals surface area (Å²) in [5.41, 5.74) is 0.733. The van der Waals surface area contributed by atoms with E-state index in [1.54, 1.807) is 36.0 Å². The highest BCUT2D eigenvalue weighted by molar-refractivity contribution is 8.03. The molecule has 1 aromatic carbocycles. The summed E-state index contributed by atoms with van der Waals surface area (Å²) in [6.07, 6.45) is 0. The summed E-state index contributed by atoms with van der Waals surface area (Å²) in [6, 6.07) is 7.04. The summed E-state index contributed by atoms with van der Waals surface area (Å²) < 4.78 is 1.75. The van der Waals surface area contributed by atoms with E-state index in [2.05, 4.69) is 22.4 Å². The van der Waals surface area contributed by atoms with E-state index in [0.29, 0.717) is 5.02 Å². The maximum Gasteiger partial charge on any atom is 0.237 e. The second kappa shape index (κ2) is 8.03. The zero-order valence-corrected chi connectivity index (χ0v) is 14.7. The molecule has 0 saturated heterocycles. The molecule has 1 N–H and O–H groups in total. The zero-order valence-electron chi connectivity index (χ0n) is 11.5. The van der Waals surface area contributed by atoms with Crippen molar-refractivity contribution < 1.29 is 4.79 Å². The van der Waals surface area contributed by atoms with Gasteiger partial charge in [0.05, 0.1) is 5.25 Å². The molecule has 4 nitrogen and oxygen atoms in total. The van der Waals surface area contributed by atoms with Gasteiger partial charge in [-0.2, -0.15) is 0 Å². The van der Waals surface area contributed by atoms with Gasteiger partial charge in [-0.15, -0.1) is 10.2 Å². The molecule has 0 radical (unpaired) electrons. The largest absolute Gasteiger partial charge is 0.325 e. The van der Waals surface area contributed by atoms with E-state index >= 15 is 0 Å². The molecule has 0 saturated carbocycles. The molecule has 8 heteroatoms. The third-order valence-electron chi connectivity index (χ3n) is 2.41. The predicted octanol–water partition coefficient (Wildman–Crippen LogP) is 4.42. The summed E-state index contributed by atoms with van der Waals surface area (Å²) in [5.74, 6) is 0.897. The van der Waals surface area contributed by atoms with Crippen LogP contribution in [-0.2, 0) is 4.79 Å². The van der Waals surface area contributed by atoms with Gasteiger partial charge in [0.2, 0.25) is 5.91 Å². The van der Waals surface area contributed by atoms with Crippen molar-refractivity contribution in [3.05, 3.63) is 29.3 Å². The highest BCUT2D eigenvalue weighted by atomic mass is 35.5. The molecule has 112 valence electrons. The zero-order chi connectivity index (χ0) is 15.2. The Morgan fingerprint density at radius 1 is 1.33 bits per heavy atom. The van der Waals surface area contributed by atoms with Crippen LogP contribution in [0.5, 0.6) is 0 Å². The molecule has 1 amide bonds. The van der Waals surface area contributed by atoms with Crippen molar-refractivity contribution >= 4 is 58.1 Å². The standard InChI is InChI=1S/C13H14ClN3OS3/c1-3-19-12-16-17-13(21-12)20-8(2)11(18)15-10-6-4-9(14)5-7-10/h4-8H,3H2,1-2H3,(H,15,18)/t8-/m1/s1. The van der Waals surface area contributed by atoms with Gasteiger partial charge in [-0.3, -0.25) is 4.79 Å². The number of hydrogen-bond donors (Lipinski definition) is 1. The van der Waals surface area contributed by atoms with E-state index in [1.807, 2.05) is 6.92 Å². The molecular formula is C13H14ClN3OS3. The molecule has 0 unspecified atom stereocenters. The fourth-order valence-corrected chi connectivity index (χ4v) is 4.60. The third kappa shape index (κ3) is 5.18. The smallest absolute Gasteiger partial charge is 0.237 e. The Balaban J connectivity index is 1.90. The van der Waals surface area contributed by atoms with Gasteiger partial charge in [-0.25, -0.2) is 0 Å². The minimum Gasteiger partial charge on any atom is -0.325 e. The van der Waals surface area contributed by atoms with Crippen molar-refractivity contribution in [2.24, 2.45) is 0 Å². The molecule has 0 aliphatic heterocycles. The number of thioether (sulfide) groups is 2. The Hall–Kier alpha value is -0.760. The number of halogens is 1. The van der Waals surface area contributed by atoms with E-state index in [0.717, 1.165) is 20.1 Å². The van der Waals surface area contributed by atoms with E-state index in [-0.39, 0.29) is 11.2 Å². The second-order valence-corrected chi connectivity index (χ2v) is 8.54. The summed E-state index contributed by atoms with van der Waals surface area (Å²) in [5, 5.41) is 11.4. The number of benzene rings is 1. The first-order valence-electron chi connectivity index (χ1n) is 6.28. The van der Waals surface area contributed by atoms with Crippen molar-refractivity contribution in [3.8, 4) is 0 Å². The first-order valence-corrected chi connectivity index (χ1v) is 9.34. The van der Waals surface area contributed by atoms with Crippen LogP contribution in [0.1, 0.15) is 13.8 Å². The van der Waals surface area contributed by atoms with Crippen LogP contribution in [0.4, 0.5) is 5.69 Å². The number of nitrogens with one attached hydrogen (secondary N) is 1. The van der Waals surface area contributed by atoms with Gasteiger partial charge in [-0.1, -0.05) is 53.4 Å². The van der Waals surface area contributed by atoms with Crippen molar-refractivity contribution in [1.82, 2.24) is 10.2 Å². The third-order valence-corrected chi connectivity index (χ3v) is 5.79. The molecule has 21 heavy (non-hydrogen) atoms. The maximum atomic E-state index is 12.1. The van der Waals surface area contributed by atoms with Crippen LogP contribution < -0.4 is 5.32 Å². The van der Waals surface area contributed by atoms with Crippen molar-refractivity contribution in [3.63, 3.8) is 0 Å². The first-order chi connectivity index (χ1) is 10.1. The van der Waals surface area contributed by atoms with Gasteiger partial charge in [0.15, 0.2) is 8.68 Å². The Bertz CT molecular complexity index is 603. The van der Waals surface area contributed by atoms with Crippen molar-refractivity contribution in [1.29, 1.82) is 0 Å². The number of amides is 1. The van der Waals surface area contributed by atoms with Crippen LogP contribution in [0.15, 0.2) is 32.9 Å². The topological polar surface area (TPSA) is 54.9 Å². The van der Waals surface area contributed by atoms with Gasteiger partial charge in [0.25, 0.3) is 0 Å². The van der Waals surface area contributed by atoms with Gasteiger partial charge in [0.1, 0.15) is 0 Å². The molecule has 1 heterocycles. The number of hydrogen-bond acceptors (Lipinski definition) is 6. The number of anilines is 1. The normalized spacial score (nSPS) is 12.1. The van der Waals surface area contributed by atoms with Crippen molar-refractivity contribution in [2.45, 2.75) is 27.8 Å². The second-order valence-electron chi connectivity index (χ2n) is 4.02. The van der Waals surface area contributed by atoms with Crippen LogP contribution >= 0.6 is 46.5 Å². The van der Waals surface area contributed by atoms with Crippen LogP contribution in [0.3, 0.4) is 0 Å². The molecule has 1 aromatic heterocycles. The summed E-state index contributed by atoms with van der Waals surface area (Å²) in [6.45, 7) is 3.92. The van der Waals surface area contributed by atoms with Gasteiger partial charge in [0, 0.05) is 10.7 Å². The lowest BCUT2D eigenvalue weighted by molar-refractivity contribution is -0.115. The minimum atomic E-state index is -0.242. The lowest BCUT2D eigenvalue weighted by Crippen LogP contribution is -2.22. The van der Waals surface area contributed by atoms with Crippen LogP contribution in [0.2, 0.25) is 5.02 Å². The number of carbonyl (C=O) groups is 1. The van der Waals surface area contributed by atoms with E-state index in [4.69, 9.17) is 11.6 Å². The van der Waals surface area contributed by atoms with Gasteiger partial charge < -0.3 is 5.32 Å². The highest BCUT2D eigenvalue weighted by Gasteiger charge is 2.17. The quantitative estimate of drug-likeness (QED) is 0.773. The Morgan fingerprint density at radius 2 is 2.00 bits per heavy atom. The maximum absolute atomic E-state index is 12.1.